The summed E-state index contributed by atoms with van der Waals surface area (Å²) in [6, 6.07) is 8.63. The van der Waals surface area contributed by atoms with Gasteiger partial charge in [0.25, 0.3) is 5.91 Å². The summed E-state index contributed by atoms with van der Waals surface area (Å²) in [7, 11) is 0. The number of anilines is 1. The third-order valence-corrected chi connectivity index (χ3v) is 3.64. The van der Waals surface area contributed by atoms with Crippen molar-refractivity contribution in [3.8, 4) is 0 Å². The number of hydrazine groups is 1. The first-order valence-electron chi connectivity index (χ1n) is 7.17. The zero-order valence-electron chi connectivity index (χ0n) is 12.5. The fraction of sp³-hybridized carbons (Fsp3) is 0.200. The lowest BCUT2D eigenvalue weighted by Crippen LogP contribution is -2.61. The van der Waals surface area contributed by atoms with Crippen LogP contribution in [0.15, 0.2) is 52.2 Å². The number of carbonyl (C=O) groups excluding carboxylic acids is 2. The average Bonchev–Trinajstić information content (AvgIpc) is 2.61. The van der Waals surface area contributed by atoms with Crippen molar-refractivity contribution in [3.05, 3.63) is 42.0 Å². The number of hydrogen-bond acceptors (Lipinski definition) is 6. The first-order chi connectivity index (χ1) is 11.2. The van der Waals surface area contributed by atoms with E-state index in [0.717, 1.165) is 5.69 Å². The molecule has 1 amide bonds. The molecule has 4 N–H and O–H groups in total. The Hall–Kier alpha value is -3.16. The van der Waals surface area contributed by atoms with Gasteiger partial charge < -0.3 is 5.84 Å². The van der Waals surface area contributed by atoms with Crippen molar-refractivity contribution in [1.29, 1.82) is 0 Å². The summed E-state index contributed by atoms with van der Waals surface area (Å²) in [5.41, 5.74) is 6.46. The number of hydrazone groups is 2. The van der Waals surface area contributed by atoms with E-state index in [2.05, 4.69) is 21.1 Å². The first-order valence-corrected chi connectivity index (χ1v) is 7.17. The molecule has 1 atom stereocenters. The van der Waals surface area contributed by atoms with Crippen LogP contribution in [0.2, 0.25) is 0 Å². The molecule has 0 spiro atoms. The molecule has 2 aliphatic heterocycles. The zero-order chi connectivity index (χ0) is 16.4. The Balaban J connectivity index is 2.14. The van der Waals surface area contributed by atoms with Crippen LogP contribution in [0.5, 0.6) is 0 Å². The summed E-state index contributed by atoms with van der Waals surface area (Å²) < 4.78 is 0. The van der Waals surface area contributed by atoms with E-state index >= 15 is 0 Å². The van der Waals surface area contributed by atoms with E-state index in [1.807, 2.05) is 30.3 Å². The summed E-state index contributed by atoms with van der Waals surface area (Å²) in [5.74, 6) is 5.27. The van der Waals surface area contributed by atoms with Crippen molar-refractivity contribution in [2.45, 2.75) is 19.4 Å². The predicted molar refractivity (Wildman–Crippen MR) is 86.4 cm³/mol. The Morgan fingerprint density at radius 1 is 1.35 bits per heavy atom. The van der Waals surface area contributed by atoms with Gasteiger partial charge in [-0.15, -0.1) is 0 Å². The molecule has 0 radical (unpaired) electrons. The van der Waals surface area contributed by atoms with E-state index in [1.165, 1.54) is 6.08 Å². The van der Waals surface area contributed by atoms with Gasteiger partial charge in [0.15, 0.2) is 11.6 Å². The minimum Gasteiger partial charge on any atom is -0.321 e. The van der Waals surface area contributed by atoms with Gasteiger partial charge in [-0.1, -0.05) is 25.1 Å². The van der Waals surface area contributed by atoms with Gasteiger partial charge in [-0.3, -0.25) is 20.4 Å². The molecule has 0 bridgehead atoms. The van der Waals surface area contributed by atoms with Crippen LogP contribution in [-0.4, -0.2) is 29.3 Å². The maximum Gasteiger partial charge on any atom is 0.268 e. The van der Waals surface area contributed by atoms with Crippen molar-refractivity contribution in [2.24, 2.45) is 16.0 Å². The number of benzene rings is 1. The van der Waals surface area contributed by atoms with E-state index < -0.39 is 6.04 Å². The average molecular weight is 312 g/mol. The first kappa shape index (κ1) is 14.8. The van der Waals surface area contributed by atoms with Gasteiger partial charge >= 0.3 is 0 Å². The van der Waals surface area contributed by atoms with Crippen molar-refractivity contribution in [2.75, 3.05) is 5.01 Å². The van der Waals surface area contributed by atoms with Crippen molar-refractivity contribution in [3.63, 3.8) is 0 Å². The molecule has 0 aromatic heterocycles. The number of amidine groups is 1. The highest BCUT2D eigenvalue weighted by Crippen LogP contribution is 2.27. The highest BCUT2D eigenvalue weighted by Gasteiger charge is 2.39. The quantitative estimate of drug-likeness (QED) is 0.539. The number of allylic oxidation sites excluding steroid dienone is 1. The Morgan fingerprint density at radius 3 is 2.74 bits per heavy atom. The van der Waals surface area contributed by atoms with Crippen molar-refractivity contribution >= 4 is 28.9 Å². The number of nitrogens with two attached hydrogens (primary N) is 1. The molecule has 1 unspecified atom stereocenters. The molecule has 0 saturated carbocycles. The second-order valence-corrected chi connectivity index (χ2v) is 5.04. The number of rotatable bonds is 3. The molecule has 8 heteroatoms. The van der Waals surface area contributed by atoms with Gasteiger partial charge in [-0.2, -0.15) is 10.2 Å². The standard InChI is InChI=1S/C15H16N6O2/c1-2-12(22)11-8-10-13(14(17-16)18-19-15(10)23)21(20-11)9-6-4-3-5-7-9/h3-8,13H,2,16H2,1H3,(H,17,18)(H,19,23). The van der Waals surface area contributed by atoms with E-state index in [0.29, 0.717) is 17.8 Å². The number of ketones is 1. The second kappa shape index (κ2) is 5.91. The van der Waals surface area contributed by atoms with E-state index in [-0.39, 0.29) is 17.4 Å². The molecule has 1 aromatic rings. The third-order valence-electron chi connectivity index (χ3n) is 3.64. The van der Waals surface area contributed by atoms with E-state index in [4.69, 9.17) is 5.84 Å². The van der Waals surface area contributed by atoms with Crippen LogP contribution in [0.4, 0.5) is 5.69 Å². The highest BCUT2D eigenvalue weighted by atomic mass is 16.2. The van der Waals surface area contributed by atoms with E-state index in [9.17, 15) is 9.59 Å². The Morgan fingerprint density at radius 2 is 2.09 bits per heavy atom. The Labute approximate surface area is 132 Å². The van der Waals surface area contributed by atoms with Gasteiger partial charge in [-0.25, -0.2) is 5.01 Å². The monoisotopic (exact) mass is 312 g/mol. The van der Waals surface area contributed by atoms with Crippen LogP contribution < -0.4 is 21.7 Å². The van der Waals surface area contributed by atoms with Crippen molar-refractivity contribution < 1.29 is 9.59 Å². The molecule has 2 aliphatic rings. The van der Waals surface area contributed by atoms with Crippen LogP contribution in [0.25, 0.3) is 0 Å². The minimum atomic E-state index is -0.607. The predicted octanol–water partition coefficient (Wildman–Crippen LogP) is 0.0433. The molecule has 0 aliphatic carbocycles. The van der Waals surface area contributed by atoms with Crippen molar-refractivity contribution in [1.82, 2.24) is 10.9 Å². The van der Waals surface area contributed by atoms with Crippen LogP contribution in [0.1, 0.15) is 13.3 Å². The fourth-order valence-corrected chi connectivity index (χ4v) is 2.48. The largest absolute Gasteiger partial charge is 0.321 e. The summed E-state index contributed by atoms with van der Waals surface area (Å²) in [6.45, 7) is 1.75. The highest BCUT2D eigenvalue weighted by molar-refractivity contribution is 6.45. The van der Waals surface area contributed by atoms with Gasteiger partial charge in [0.05, 0.1) is 11.3 Å². The molecule has 23 heavy (non-hydrogen) atoms. The molecule has 3 rings (SSSR count). The zero-order valence-corrected chi connectivity index (χ0v) is 12.5. The maximum absolute atomic E-state index is 12.2. The van der Waals surface area contributed by atoms with Crippen LogP contribution in [0.3, 0.4) is 0 Å². The number of nitrogens with one attached hydrogen (secondary N) is 2. The van der Waals surface area contributed by atoms with Gasteiger partial charge in [0, 0.05) is 6.42 Å². The Bertz CT molecular complexity index is 738. The molecule has 118 valence electrons. The number of fused-ring (bicyclic) bond motifs is 1. The minimum absolute atomic E-state index is 0.144. The molecule has 1 saturated heterocycles. The molecular weight excluding hydrogens is 296 g/mol. The maximum atomic E-state index is 12.2. The number of amides is 1. The summed E-state index contributed by atoms with van der Waals surface area (Å²) in [4.78, 5) is 24.3. The van der Waals surface area contributed by atoms with Gasteiger partial charge in [0.1, 0.15) is 11.8 Å². The smallest absolute Gasteiger partial charge is 0.268 e. The van der Waals surface area contributed by atoms with Crippen LogP contribution >= 0.6 is 0 Å². The third kappa shape index (κ3) is 2.54. The van der Waals surface area contributed by atoms with E-state index in [1.54, 1.807) is 11.9 Å². The van der Waals surface area contributed by atoms with Gasteiger partial charge in [0.2, 0.25) is 0 Å². The molecule has 1 fully saturated rings. The van der Waals surface area contributed by atoms with Crippen LogP contribution in [0, 0.1) is 0 Å². The molecule has 8 nitrogen and oxygen atoms in total. The molecule has 1 aromatic carbocycles. The lowest BCUT2D eigenvalue weighted by atomic mass is 9.97. The number of Topliss-reactive ketones (excluding diaryl/α,β-unsaturated/α-hetero) is 1. The second-order valence-electron chi connectivity index (χ2n) is 5.04. The lowest BCUT2D eigenvalue weighted by molar-refractivity contribution is -0.118. The summed E-state index contributed by atoms with van der Waals surface area (Å²) in [6.07, 6.45) is 1.80. The molecule has 2 heterocycles. The Kier molecular flexibility index (Phi) is 3.80. The number of carbonyl (C=O) groups is 2. The topological polar surface area (TPSA) is 112 Å². The molecular formula is C15H16N6O2. The lowest BCUT2D eigenvalue weighted by Gasteiger charge is -2.37. The number of hydrogen-bond donors (Lipinski definition) is 3. The van der Waals surface area contributed by atoms with Gasteiger partial charge in [-0.05, 0) is 18.2 Å². The summed E-state index contributed by atoms with van der Waals surface area (Å²) in [5, 5.41) is 9.67. The SMILES string of the molecule is CCC(=O)C1=NN(c2ccccc2)C2C(=C1)C(=O)NN/C2=N\N. The normalized spacial score (nSPS) is 21.8. The number of para-hydroxylation sites is 1. The summed E-state index contributed by atoms with van der Waals surface area (Å²) >= 11 is 0. The van der Waals surface area contributed by atoms with Crippen LogP contribution in [-0.2, 0) is 9.59 Å². The fourth-order valence-electron chi connectivity index (χ4n) is 2.48. The number of nitrogens with zero attached hydrogens (tertiary/aromatic N) is 3.